The Labute approximate surface area is 201 Å². The van der Waals surface area contributed by atoms with Gasteiger partial charge < -0.3 is 30.7 Å². The molecule has 12 heteroatoms. The lowest BCUT2D eigenvalue weighted by molar-refractivity contribution is 0.122. The quantitative estimate of drug-likeness (QED) is 0.441. The molecule has 4 rings (SSSR count). The molecule has 2 aromatic heterocycles. The number of anilines is 4. The van der Waals surface area contributed by atoms with Crippen LogP contribution in [0.25, 0.3) is 0 Å². The van der Waals surface area contributed by atoms with Crippen molar-refractivity contribution in [3.05, 3.63) is 35.5 Å². The first kappa shape index (κ1) is 24.4. The molecule has 2 aromatic rings. The number of halogens is 2. The number of morpholine rings is 1. The second kappa shape index (κ2) is 10.7. The molecule has 2 aliphatic rings. The zero-order chi connectivity index (χ0) is 24.9. The van der Waals surface area contributed by atoms with Crippen molar-refractivity contribution in [1.29, 1.82) is 5.26 Å². The minimum Gasteiger partial charge on any atom is -0.465 e. The molecule has 1 saturated heterocycles. The molecule has 186 valence electrons. The maximum Gasteiger partial charge on any atom is 0.404 e. The highest BCUT2D eigenvalue weighted by atomic mass is 19.1. The van der Waals surface area contributed by atoms with Crippen molar-refractivity contribution in [2.45, 2.75) is 38.3 Å². The van der Waals surface area contributed by atoms with E-state index in [-0.39, 0.29) is 34.6 Å². The molecule has 0 radical (unpaired) electrons. The summed E-state index contributed by atoms with van der Waals surface area (Å²) >= 11 is 0. The predicted molar refractivity (Wildman–Crippen MR) is 125 cm³/mol. The third-order valence-corrected chi connectivity index (χ3v) is 6.34. The Kier molecular flexibility index (Phi) is 7.45. The summed E-state index contributed by atoms with van der Waals surface area (Å²) < 4.78 is 34.9. The second-order valence-corrected chi connectivity index (χ2v) is 8.68. The highest BCUT2D eigenvalue weighted by molar-refractivity contribution is 5.66. The van der Waals surface area contributed by atoms with Gasteiger partial charge in [0.25, 0.3) is 0 Å². The molecule has 1 aliphatic carbocycles. The second-order valence-electron chi connectivity index (χ2n) is 8.68. The van der Waals surface area contributed by atoms with Crippen LogP contribution in [0.4, 0.5) is 36.7 Å². The van der Waals surface area contributed by atoms with Gasteiger partial charge in [-0.2, -0.15) is 5.26 Å². The summed E-state index contributed by atoms with van der Waals surface area (Å²) in [6.07, 6.45) is 3.02. The number of amides is 1. The van der Waals surface area contributed by atoms with Crippen molar-refractivity contribution in [3.63, 3.8) is 0 Å². The standard InChI is InChI=1S/C23H27F2N7O3/c1-13(28-23(33)34)19(14-3-2-4-14)30-21-17(24)9-15(11-26)20(31-21)29-16-10-18(25)22(27-12-16)32-5-7-35-8-6-32/h9-10,12-14,19,28H,2-8H2,1H3,(H,33,34)(H2,29,30,31)/t13-,19-/m0/s1. The fourth-order valence-electron chi connectivity index (χ4n) is 4.31. The lowest BCUT2D eigenvalue weighted by Crippen LogP contribution is -2.50. The predicted octanol–water partition coefficient (Wildman–Crippen LogP) is 3.44. The molecule has 1 aliphatic heterocycles. The number of nitriles is 1. The third kappa shape index (κ3) is 5.68. The maximum absolute atomic E-state index is 14.8. The zero-order valence-electron chi connectivity index (χ0n) is 19.2. The van der Waals surface area contributed by atoms with E-state index in [1.54, 1.807) is 11.8 Å². The van der Waals surface area contributed by atoms with E-state index in [2.05, 4.69) is 25.9 Å². The van der Waals surface area contributed by atoms with Crippen molar-refractivity contribution in [2.75, 3.05) is 41.8 Å². The van der Waals surface area contributed by atoms with E-state index in [4.69, 9.17) is 9.84 Å². The van der Waals surface area contributed by atoms with Crippen LogP contribution in [-0.4, -0.2) is 59.6 Å². The molecular formula is C23H27F2N7O3. The molecule has 35 heavy (non-hydrogen) atoms. The van der Waals surface area contributed by atoms with Gasteiger partial charge in [-0.15, -0.1) is 0 Å². The Balaban J connectivity index is 1.57. The van der Waals surface area contributed by atoms with Crippen molar-refractivity contribution in [1.82, 2.24) is 15.3 Å². The number of pyridine rings is 2. The van der Waals surface area contributed by atoms with Gasteiger partial charge in [-0.3, -0.25) is 0 Å². The van der Waals surface area contributed by atoms with Crippen LogP contribution in [-0.2, 0) is 4.74 Å². The first-order valence-corrected chi connectivity index (χ1v) is 11.5. The highest BCUT2D eigenvalue weighted by Gasteiger charge is 2.33. The van der Waals surface area contributed by atoms with E-state index < -0.39 is 29.8 Å². The first-order valence-electron chi connectivity index (χ1n) is 11.5. The van der Waals surface area contributed by atoms with Gasteiger partial charge in [-0.25, -0.2) is 23.5 Å². The smallest absolute Gasteiger partial charge is 0.404 e. The van der Waals surface area contributed by atoms with Crippen LogP contribution < -0.4 is 20.9 Å². The average Bonchev–Trinajstić information content (AvgIpc) is 2.79. The number of ether oxygens (including phenoxy) is 1. The van der Waals surface area contributed by atoms with Gasteiger partial charge in [0.15, 0.2) is 29.1 Å². The number of nitrogens with zero attached hydrogens (tertiary/aromatic N) is 4. The summed E-state index contributed by atoms with van der Waals surface area (Å²) in [6, 6.07) is 3.27. The van der Waals surface area contributed by atoms with Crippen LogP contribution in [0.5, 0.6) is 0 Å². The van der Waals surface area contributed by atoms with Gasteiger partial charge in [-0.05, 0) is 31.7 Å². The zero-order valence-corrected chi connectivity index (χ0v) is 19.2. The minimum atomic E-state index is -1.17. The molecule has 10 nitrogen and oxygen atoms in total. The van der Waals surface area contributed by atoms with Crippen LogP contribution >= 0.6 is 0 Å². The lowest BCUT2D eigenvalue weighted by atomic mass is 9.77. The first-order chi connectivity index (χ1) is 16.9. The van der Waals surface area contributed by atoms with Crippen LogP contribution in [0.2, 0.25) is 0 Å². The third-order valence-electron chi connectivity index (χ3n) is 6.34. The fraction of sp³-hybridized carbons (Fsp3) is 0.478. The number of nitrogens with one attached hydrogen (secondary N) is 3. The summed E-state index contributed by atoms with van der Waals surface area (Å²) in [7, 11) is 0. The number of hydrogen-bond donors (Lipinski definition) is 4. The van der Waals surface area contributed by atoms with Gasteiger partial charge in [-0.1, -0.05) is 6.42 Å². The number of aromatic nitrogens is 2. The van der Waals surface area contributed by atoms with Gasteiger partial charge in [0.05, 0.1) is 36.7 Å². The van der Waals surface area contributed by atoms with Crippen LogP contribution in [0.3, 0.4) is 0 Å². The van der Waals surface area contributed by atoms with Crippen LogP contribution in [0.1, 0.15) is 31.7 Å². The van der Waals surface area contributed by atoms with Gasteiger partial charge >= 0.3 is 6.09 Å². The molecule has 1 saturated carbocycles. The summed E-state index contributed by atoms with van der Waals surface area (Å²) in [5.74, 6) is -1.03. The van der Waals surface area contributed by atoms with Gasteiger partial charge in [0, 0.05) is 25.2 Å². The lowest BCUT2D eigenvalue weighted by Gasteiger charge is -2.38. The molecule has 0 aromatic carbocycles. The summed E-state index contributed by atoms with van der Waals surface area (Å²) in [4.78, 5) is 21.4. The summed E-state index contributed by atoms with van der Waals surface area (Å²) in [6.45, 7) is 3.74. The van der Waals surface area contributed by atoms with E-state index in [9.17, 15) is 18.8 Å². The van der Waals surface area contributed by atoms with Crippen molar-refractivity contribution >= 4 is 29.2 Å². The van der Waals surface area contributed by atoms with Gasteiger partial charge in [0.1, 0.15) is 6.07 Å². The number of rotatable bonds is 8. The molecular weight excluding hydrogens is 460 g/mol. The highest BCUT2D eigenvalue weighted by Crippen LogP contribution is 2.34. The van der Waals surface area contributed by atoms with E-state index in [0.717, 1.165) is 25.3 Å². The Morgan fingerprint density at radius 3 is 2.60 bits per heavy atom. The topological polar surface area (TPSA) is 135 Å². The van der Waals surface area contributed by atoms with E-state index in [0.29, 0.717) is 26.3 Å². The minimum absolute atomic E-state index is 0.0305. The van der Waals surface area contributed by atoms with Crippen LogP contribution in [0.15, 0.2) is 18.3 Å². The fourth-order valence-corrected chi connectivity index (χ4v) is 4.31. The number of carboxylic acid groups (broad SMARTS) is 1. The number of carbonyl (C=O) groups is 1. The Morgan fingerprint density at radius 2 is 2.00 bits per heavy atom. The van der Waals surface area contributed by atoms with E-state index >= 15 is 0 Å². The SMILES string of the molecule is C[C@H](NC(=O)O)[C@H](Nc1nc(Nc2cnc(N3CCOCC3)c(F)c2)c(C#N)cc1F)C1CCC1. The summed E-state index contributed by atoms with van der Waals surface area (Å²) in [5, 5.41) is 26.9. The Hall–Kier alpha value is -3.72. The molecule has 0 unspecified atom stereocenters. The molecule has 2 fully saturated rings. The molecule has 2 atom stereocenters. The average molecular weight is 488 g/mol. The molecule has 0 spiro atoms. The molecule has 3 heterocycles. The van der Waals surface area contributed by atoms with E-state index in [1.807, 2.05) is 6.07 Å². The Morgan fingerprint density at radius 1 is 1.26 bits per heavy atom. The van der Waals surface area contributed by atoms with Crippen molar-refractivity contribution in [3.8, 4) is 6.07 Å². The normalized spacial score (nSPS) is 17.6. The van der Waals surface area contributed by atoms with E-state index in [1.165, 1.54) is 12.3 Å². The van der Waals surface area contributed by atoms with Crippen LogP contribution in [0, 0.1) is 28.9 Å². The largest absolute Gasteiger partial charge is 0.465 e. The molecule has 4 N–H and O–H groups in total. The molecule has 0 bridgehead atoms. The Bertz CT molecular complexity index is 1120. The van der Waals surface area contributed by atoms with Crippen molar-refractivity contribution < 1.29 is 23.4 Å². The maximum atomic E-state index is 14.8. The summed E-state index contributed by atoms with van der Waals surface area (Å²) in [5.41, 5.74) is 0.181. The number of hydrogen-bond acceptors (Lipinski definition) is 8. The van der Waals surface area contributed by atoms with Crippen molar-refractivity contribution in [2.24, 2.45) is 5.92 Å². The monoisotopic (exact) mass is 487 g/mol. The molecule has 1 amide bonds. The van der Waals surface area contributed by atoms with Gasteiger partial charge in [0.2, 0.25) is 0 Å².